The quantitative estimate of drug-likeness (QED) is 0.638. The summed E-state index contributed by atoms with van der Waals surface area (Å²) in [6.07, 6.45) is -0.766. The number of alkyl halides is 3. The van der Waals surface area contributed by atoms with Crippen molar-refractivity contribution in [2.24, 2.45) is 5.92 Å². The highest BCUT2D eigenvalue weighted by molar-refractivity contribution is 5.95. The van der Waals surface area contributed by atoms with E-state index in [1.165, 1.54) is 20.3 Å². The number of aromatic nitrogens is 5. The molecule has 3 aromatic heterocycles. The van der Waals surface area contributed by atoms with Gasteiger partial charge in [-0.25, -0.2) is 9.20 Å². The van der Waals surface area contributed by atoms with Crippen LogP contribution in [0.5, 0.6) is 0 Å². The molecule has 0 saturated carbocycles. The van der Waals surface area contributed by atoms with Crippen LogP contribution in [0.15, 0.2) is 29.3 Å². The van der Waals surface area contributed by atoms with Gasteiger partial charge in [0.25, 0.3) is 11.5 Å². The van der Waals surface area contributed by atoms with Gasteiger partial charge in [0.1, 0.15) is 5.52 Å². The van der Waals surface area contributed by atoms with Crippen molar-refractivity contribution >= 4 is 11.4 Å². The van der Waals surface area contributed by atoms with Gasteiger partial charge < -0.3 is 4.90 Å². The second-order valence-corrected chi connectivity index (χ2v) is 8.59. The highest BCUT2D eigenvalue weighted by Gasteiger charge is 2.37. The van der Waals surface area contributed by atoms with Gasteiger partial charge in [0.15, 0.2) is 0 Å². The lowest BCUT2D eigenvalue weighted by molar-refractivity contribution is -0.151. The number of amides is 1. The van der Waals surface area contributed by atoms with Crippen molar-refractivity contribution in [1.29, 1.82) is 0 Å². The molecule has 0 aliphatic carbocycles. The predicted octanol–water partition coefficient (Wildman–Crippen LogP) is 2.25. The predicted molar refractivity (Wildman–Crippen MR) is 114 cm³/mol. The third-order valence-corrected chi connectivity index (χ3v) is 6.00. The summed E-state index contributed by atoms with van der Waals surface area (Å²) >= 11 is 0. The summed E-state index contributed by atoms with van der Waals surface area (Å²) in [5.74, 6) is -0.271. The number of carbonyl (C=O) groups excluding carboxylic acids is 1. The van der Waals surface area contributed by atoms with Crippen LogP contribution in [0.3, 0.4) is 0 Å². The molecule has 1 fully saturated rings. The van der Waals surface area contributed by atoms with Crippen molar-refractivity contribution in [2.75, 3.05) is 26.2 Å². The molecular weight excluding hydrogens is 439 g/mol. The second-order valence-electron chi connectivity index (χ2n) is 8.59. The molecular formula is C21H26F3N7O2. The van der Waals surface area contributed by atoms with Gasteiger partial charge in [-0.15, -0.1) is 5.10 Å². The number of H-pyrrole nitrogens is 1. The Hall–Kier alpha value is -3.15. The molecule has 0 aromatic carbocycles. The minimum atomic E-state index is -4.30. The van der Waals surface area contributed by atoms with Gasteiger partial charge in [0.05, 0.1) is 24.0 Å². The molecule has 4 heterocycles. The Morgan fingerprint density at radius 3 is 2.73 bits per heavy atom. The molecule has 33 heavy (non-hydrogen) atoms. The molecule has 4 rings (SSSR count). The van der Waals surface area contributed by atoms with E-state index in [1.807, 2.05) is 13.8 Å². The number of nitrogens with one attached hydrogen (secondary N) is 1. The summed E-state index contributed by atoms with van der Waals surface area (Å²) in [5, 5.41) is 8.58. The first-order valence-electron chi connectivity index (χ1n) is 10.8. The molecule has 0 bridgehead atoms. The average Bonchev–Trinajstić information content (AvgIpc) is 3.32. The Balaban J connectivity index is 1.61. The van der Waals surface area contributed by atoms with Crippen LogP contribution < -0.4 is 5.56 Å². The van der Waals surface area contributed by atoms with Crippen LogP contribution in [-0.2, 0) is 0 Å². The maximum absolute atomic E-state index is 13.4. The number of nitrogens with zero attached hydrogens (tertiary/aromatic N) is 6. The summed E-state index contributed by atoms with van der Waals surface area (Å²) in [6, 6.07) is 2.93. The molecule has 1 amide bonds. The smallest absolute Gasteiger partial charge is 0.337 e. The van der Waals surface area contributed by atoms with Crippen LogP contribution >= 0.6 is 0 Å². The topological polar surface area (TPSA) is 91.5 Å². The molecule has 1 saturated heterocycles. The molecule has 3 aromatic rings. The van der Waals surface area contributed by atoms with Crippen LogP contribution in [0.1, 0.15) is 36.3 Å². The van der Waals surface area contributed by atoms with Crippen molar-refractivity contribution in [1.82, 2.24) is 34.2 Å². The van der Waals surface area contributed by atoms with Crippen LogP contribution in [0, 0.1) is 12.8 Å². The summed E-state index contributed by atoms with van der Waals surface area (Å²) < 4.78 is 42.1. The Morgan fingerprint density at radius 2 is 2.03 bits per heavy atom. The summed E-state index contributed by atoms with van der Waals surface area (Å²) in [6.45, 7) is 5.18. The largest absolute Gasteiger partial charge is 0.401 e. The zero-order chi connectivity index (χ0) is 23.9. The van der Waals surface area contributed by atoms with E-state index in [2.05, 4.69) is 15.2 Å². The third kappa shape index (κ3) is 4.65. The lowest BCUT2D eigenvalue weighted by Gasteiger charge is -2.31. The summed E-state index contributed by atoms with van der Waals surface area (Å²) in [4.78, 5) is 31.4. The van der Waals surface area contributed by atoms with E-state index in [9.17, 15) is 22.8 Å². The molecule has 1 aliphatic heterocycles. The lowest BCUT2D eigenvalue weighted by atomic mass is 10.1. The fraction of sp³-hybridized carbons (Fsp3) is 0.524. The Labute approximate surface area is 187 Å². The van der Waals surface area contributed by atoms with E-state index in [0.717, 1.165) is 0 Å². The minimum absolute atomic E-state index is 0.127. The Kier molecular flexibility index (Phi) is 6.04. The Morgan fingerprint density at radius 1 is 1.27 bits per heavy atom. The Bertz CT molecular complexity index is 1210. The highest BCUT2D eigenvalue weighted by Crippen LogP contribution is 2.24. The normalized spacial score (nSPS) is 20.4. The summed E-state index contributed by atoms with van der Waals surface area (Å²) in [7, 11) is 0. The van der Waals surface area contributed by atoms with Gasteiger partial charge in [-0.2, -0.15) is 18.3 Å². The molecule has 2 atom stereocenters. The van der Waals surface area contributed by atoms with Gasteiger partial charge in [-0.1, -0.05) is 13.8 Å². The number of carbonyl (C=O) groups is 1. The van der Waals surface area contributed by atoms with Gasteiger partial charge in [0, 0.05) is 31.9 Å². The number of hydrogen-bond donors (Lipinski definition) is 1. The zero-order valence-electron chi connectivity index (χ0n) is 18.6. The molecule has 178 valence electrons. The first kappa shape index (κ1) is 23.0. The number of aromatic amines is 1. The van der Waals surface area contributed by atoms with Gasteiger partial charge in [-0.05, 0) is 31.4 Å². The van der Waals surface area contributed by atoms with E-state index in [4.69, 9.17) is 0 Å². The number of fused-ring (bicyclic) bond motifs is 1. The van der Waals surface area contributed by atoms with Crippen molar-refractivity contribution in [2.45, 2.75) is 39.4 Å². The van der Waals surface area contributed by atoms with Crippen LogP contribution in [0.2, 0.25) is 0 Å². The van der Waals surface area contributed by atoms with Gasteiger partial charge in [-0.3, -0.25) is 19.5 Å². The maximum Gasteiger partial charge on any atom is 0.401 e. The molecule has 1 aliphatic rings. The van der Waals surface area contributed by atoms with Crippen molar-refractivity contribution < 1.29 is 18.0 Å². The van der Waals surface area contributed by atoms with E-state index >= 15 is 0 Å². The van der Waals surface area contributed by atoms with E-state index in [0.29, 0.717) is 29.7 Å². The van der Waals surface area contributed by atoms with Gasteiger partial charge in [0.2, 0.25) is 5.95 Å². The van der Waals surface area contributed by atoms with Crippen LogP contribution in [0.4, 0.5) is 13.2 Å². The number of rotatable bonds is 4. The van der Waals surface area contributed by atoms with E-state index in [-0.39, 0.29) is 36.4 Å². The van der Waals surface area contributed by atoms with Gasteiger partial charge >= 0.3 is 6.18 Å². The SMILES string of the molecule is CCC1CN(C(=O)c2cnn(-c3nn4cccc4c(=O)[nH]3)c2C)CC(C)CN1CC(F)(F)F. The first-order chi connectivity index (χ1) is 15.6. The fourth-order valence-corrected chi connectivity index (χ4v) is 4.44. The van der Waals surface area contributed by atoms with Crippen molar-refractivity contribution in [3.05, 3.63) is 46.1 Å². The molecule has 12 heteroatoms. The summed E-state index contributed by atoms with van der Waals surface area (Å²) in [5.41, 5.74) is 0.834. The van der Waals surface area contributed by atoms with Crippen LogP contribution in [-0.4, -0.2) is 78.5 Å². The molecule has 0 radical (unpaired) electrons. The van der Waals surface area contributed by atoms with Crippen molar-refractivity contribution in [3.8, 4) is 5.95 Å². The van der Waals surface area contributed by atoms with Crippen LogP contribution in [0.25, 0.3) is 11.5 Å². The maximum atomic E-state index is 13.4. The monoisotopic (exact) mass is 465 g/mol. The highest BCUT2D eigenvalue weighted by atomic mass is 19.4. The standard InChI is InChI=1S/C21H26F3N7O2/c1-4-15-11-28(9-13(2)10-29(15)12-21(22,23)24)19(33)16-8-25-31(14(16)3)20-26-18(32)17-6-5-7-30(17)27-20/h5-8,13,15H,4,9-12H2,1-3H3,(H,26,27,32). The zero-order valence-corrected chi connectivity index (χ0v) is 18.6. The molecule has 9 nitrogen and oxygen atoms in total. The van der Waals surface area contributed by atoms with E-state index < -0.39 is 18.8 Å². The van der Waals surface area contributed by atoms with E-state index in [1.54, 1.807) is 30.2 Å². The fourth-order valence-electron chi connectivity index (χ4n) is 4.44. The minimum Gasteiger partial charge on any atom is -0.337 e. The molecule has 0 spiro atoms. The first-order valence-corrected chi connectivity index (χ1v) is 10.8. The third-order valence-electron chi connectivity index (χ3n) is 6.00. The number of halogens is 3. The molecule has 2 unspecified atom stereocenters. The lowest BCUT2D eigenvalue weighted by Crippen LogP contribution is -2.46. The second kappa shape index (κ2) is 8.65. The average molecular weight is 465 g/mol. The number of hydrogen-bond acceptors (Lipinski definition) is 5. The van der Waals surface area contributed by atoms with Crippen molar-refractivity contribution in [3.63, 3.8) is 0 Å². The molecule has 1 N–H and O–H groups in total.